The second kappa shape index (κ2) is 6.01. The Morgan fingerprint density at radius 3 is 2.67 bits per heavy atom. The van der Waals surface area contributed by atoms with E-state index < -0.39 is 0 Å². The molecule has 2 rings (SSSR count). The fourth-order valence-corrected chi connectivity index (χ4v) is 3.02. The monoisotopic (exact) mass is 306 g/mol. The molecule has 0 bridgehead atoms. The smallest absolute Gasteiger partial charge is 0.251 e. The molecule has 0 saturated heterocycles. The van der Waals surface area contributed by atoms with Crippen LogP contribution in [-0.2, 0) is 0 Å². The van der Waals surface area contributed by atoms with Crippen LogP contribution in [-0.4, -0.2) is 17.3 Å². The minimum atomic E-state index is -0.0638. The number of carbonyl (C=O) groups is 1. The molecule has 94 valence electrons. The van der Waals surface area contributed by atoms with Crippen molar-refractivity contribution in [1.82, 2.24) is 5.32 Å². The Hall–Kier alpha value is -1.34. The maximum absolute atomic E-state index is 11.9. The number of alkyl halides is 1. The normalized spacial score (nSPS) is 22.4. The van der Waals surface area contributed by atoms with E-state index in [0.29, 0.717) is 21.9 Å². The molecule has 4 heteroatoms. The van der Waals surface area contributed by atoms with E-state index in [0.717, 1.165) is 6.54 Å². The Morgan fingerprint density at radius 2 is 2.11 bits per heavy atom. The second-order valence-electron chi connectivity index (χ2n) is 4.61. The third-order valence-corrected chi connectivity index (χ3v) is 4.57. The van der Waals surface area contributed by atoms with Crippen LogP contribution in [0, 0.1) is 17.2 Å². The van der Waals surface area contributed by atoms with Crippen molar-refractivity contribution in [3.05, 3.63) is 35.4 Å². The summed E-state index contributed by atoms with van der Waals surface area (Å²) in [6, 6.07) is 8.74. The minimum Gasteiger partial charge on any atom is -0.352 e. The summed E-state index contributed by atoms with van der Waals surface area (Å²) in [5.41, 5.74) is 1.18. The summed E-state index contributed by atoms with van der Waals surface area (Å²) in [6.45, 7) is 0.717. The van der Waals surface area contributed by atoms with Crippen molar-refractivity contribution in [3.63, 3.8) is 0 Å². The average molecular weight is 307 g/mol. The minimum absolute atomic E-state index is 0.0638. The van der Waals surface area contributed by atoms with Crippen LogP contribution in [0.5, 0.6) is 0 Å². The Labute approximate surface area is 115 Å². The van der Waals surface area contributed by atoms with Gasteiger partial charge in [0.05, 0.1) is 11.6 Å². The van der Waals surface area contributed by atoms with Gasteiger partial charge in [-0.25, -0.2) is 0 Å². The summed E-state index contributed by atoms with van der Waals surface area (Å²) in [4.78, 5) is 12.4. The Kier molecular flexibility index (Phi) is 4.38. The van der Waals surface area contributed by atoms with E-state index in [1.54, 1.807) is 24.3 Å². The molecule has 1 amide bonds. The largest absolute Gasteiger partial charge is 0.352 e. The summed E-state index contributed by atoms with van der Waals surface area (Å²) in [5.74, 6) is 0.471. The lowest BCUT2D eigenvalue weighted by molar-refractivity contribution is 0.0948. The lowest BCUT2D eigenvalue weighted by atomic mass is 10.1. The van der Waals surface area contributed by atoms with Crippen LogP contribution in [0.1, 0.15) is 35.2 Å². The molecule has 0 aromatic heterocycles. The summed E-state index contributed by atoms with van der Waals surface area (Å²) >= 11 is 3.64. The molecule has 1 fully saturated rings. The van der Waals surface area contributed by atoms with Crippen molar-refractivity contribution in [3.8, 4) is 6.07 Å². The van der Waals surface area contributed by atoms with E-state index in [9.17, 15) is 4.79 Å². The van der Waals surface area contributed by atoms with Gasteiger partial charge in [0.1, 0.15) is 0 Å². The van der Waals surface area contributed by atoms with Crippen molar-refractivity contribution in [2.24, 2.45) is 5.92 Å². The molecule has 1 aromatic rings. The van der Waals surface area contributed by atoms with Crippen LogP contribution in [0.4, 0.5) is 0 Å². The molecule has 0 radical (unpaired) electrons. The van der Waals surface area contributed by atoms with Gasteiger partial charge in [-0.2, -0.15) is 5.26 Å². The molecule has 18 heavy (non-hydrogen) atoms. The average Bonchev–Trinajstić information content (AvgIpc) is 2.81. The Balaban J connectivity index is 1.89. The van der Waals surface area contributed by atoms with Gasteiger partial charge >= 0.3 is 0 Å². The topological polar surface area (TPSA) is 52.9 Å². The van der Waals surface area contributed by atoms with E-state index in [1.807, 2.05) is 6.07 Å². The number of hydrogen-bond donors (Lipinski definition) is 1. The number of carbonyl (C=O) groups excluding carboxylic acids is 1. The van der Waals surface area contributed by atoms with Gasteiger partial charge in [-0.1, -0.05) is 22.4 Å². The Morgan fingerprint density at radius 1 is 1.39 bits per heavy atom. The van der Waals surface area contributed by atoms with Gasteiger partial charge in [0, 0.05) is 16.9 Å². The third-order valence-electron chi connectivity index (χ3n) is 3.37. The van der Waals surface area contributed by atoms with Gasteiger partial charge < -0.3 is 5.32 Å². The fourth-order valence-electron chi connectivity index (χ4n) is 2.24. The standard InChI is InChI=1S/C14H15BrN2O/c15-13-3-1-2-12(13)9-17-14(18)11-6-4-10(8-16)5-7-11/h4-7,12-13H,1-3,9H2,(H,17,18). The zero-order valence-electron chi connectivity index (χ0n) is 10.0. The number of amides is 1. The first-order valence-electron chi connectivity index (χ1n) is 6.13. The molecule has 2 unspecified atom stereocenters. The SMILES string of the molecule is N#Cc1ccc(C(=O)NCC2CCCC2Br)cc1. The van der Waals surface area contributed by atoms with Crippen LogP contribution >= 0.6 is 15.9 Å². The van der Waals surface area contributed by atoms with Crippen LogP contribution in [0.25, 0.3) is 0 Å². The number of halogens is 1. The number of benzene rings is 1. The lowest BCUT2D eigenvalue weighted by Gasteiger charge is -2.14. The molecule has 2 atom stereocenters. The number of rotatable bonds is 3. The van der Waals surface area contributed by atoms with Gasteiger partial charge in [-0.3, -0.25) is 4.79 Å². The molecule has 0 heterocycles. The van der Waals surface area contributed by atoms with Crippen molar-refractivity contribution in [2.75, 3.05) is 6.54 Å². The molecule has 0 aliphatic heterocycles. The first-order valence-corrected chi connectivity index (χ1v) is 7.04. The van der Waals surface area contributed by atoms with Crippen LogP contribution in [0.15, 0.2) is 24.3 Å². The molecular formula is C14H15BrN2O. The molecule has 1 aromatic carbocycles. The van der Waals surface area contributed by atoms with Crippen molar-refractivity contribution in [2.45, 2.75) is 24.1 Å². The first kappa shape index (κ1) is 13.1. The van der Waals surface area contributed by atoms with Gasteiger partial charge in [0.25, 0.3) is 5.91 Å². The van der Waals surface area contributed by atoms with Crippen molar-refractivity contribution >= 4 is 21.8 Å². The highest BCUT2D eigenvalue weighted by Gasteiger charge is 2.25. The zero-order valence-corrected chi connectivity index (χ0v) is 11.6. The summed E-state index contributed by atoms with van der Waals surface area (Å²) in [7, 11) is 0. The number of nitrogens with one attached hydrogen (secondary N) is 1. The van der Waals surface area contributed by atoms with Crippen molar-refractivity contribution in [1.29, 1.82) is 5.26 Å². The highest BCUT2D eigenvalue weighted by Crippen LogP contribution is 2.30. The van der Waals surface area contributed by atoms with E-state index >= 15 is 0 Å². The molecule has 1 aliphatic carbocycles. The highest BCUT2D eigenvalue weighted by molar-refractivity contribution is 9.09. The number of nitriles is 1. The van der Waals surface area contributed by atoms with E-state index in [1.165, 1.54) is 19.3 Å². The molecule has 1 aliphatic rings. The maximum atomic E-state index is 11.9. The summed E-state index contributed by atoms with van der Waals surface area (Å²) < 4.78 is 0. The molecule has 1 saturated carbocycles. The molecule has 3 nitrogen and oxygen atoms in total. The third kappa shape index (κ3) is 3.11. The van der Waals surface area contributed by atoms with Crippen molar-refractivity contribution < 1.29 is 4.79 Å². The fraction of sp³-hybridized carbons (Fsp3) is 0.429. The molecule has 0 spiro atoms. The highest BCUT2D eigenvalue weighted by atomic mass is 79.9. The number of nitrogens with zero attached hydrogens (tertiary/aromatic N) is 1. The van der Waals surface area contributed by atoms with Gasteiger partial charge in [-0.05, 0) is 43.0 Å². The lowest BCUT2D eigenvalue weighted by Crippen LogP contribution is -2.30. The molecule has 1 N–H and O–H groups in total. The second-order valence-corrected chi connectivity index (χ2v) is 5.78. The maximum Gasteiger partial charge on any atom is 0.251 e. The van der Waals surface area contributed by atoms with Gasteiger partial charge in [0.2, 0.25) is 0 Å². The predicted octanol–water partition coefficient (Wildman–Crippen LogP) is 2.85. The van der Waals surface area contributed by atoms with E-state index in [-0.39, 0.29) is 5.91 Å². The van der Waals surface area contributed by atoms with Crippen LogP contribution in [0.2, 0.25) is 0 Å². The summed E-state index contributed by atoms with van der Waals surface area (Å²) in [6.07, 6.45) is 3.59. The quantitative estimate of drug-likeness (QED) is 0.873. The van der Waals surface area contributed by atoms with Gasteiger partial charge in [0.15, 0.2) is 0 Å². The Bertz CT molecular complexity index is 464. The predicted molar refractivity (Wildman–Crippen MR) is 73.5 cm³/mol. The molecular weight excluding hydrogens is 292 g/mol. The summed E-state index contributed by atoms with van der Waals surface area (Å²) in [5, 5.41) is 11.6. The van der Waals surface area contributed by atoms with E-state index in [4.69, 9.17) is 5.26 Å². The van der Waals surface area contributed by atoms with Crippen LogP contribution in [0.3, 0.4) is 0 Å². The van der Waals surface area contributed by atoms with Crippen LogP contribution < -0.4 is 5.32 Å². The van der Waals surface area contributed by atoms with E-state index in [2.05, 4.69) is 21.2 Å². The number of hydrogen-bond acceptors (Lipinski definition) is 2. The zero-order chi connectivity index (χ0) is 13.0. The first-order chi connectivity index (χ1) is 8.70. The van der Waals surface area contributed by atoms with Gasteiger partial charge in [-0.15, -0.1) is 0 Å².